The Hall–Kier alpha value is -0.610. The third kappa shape index (κ3) is 1.97. The minimum Gasteiger partial charge on any atom is -0.326 e. The Morgan fingerprint density at radius 1 is 1.70 bits per heavy atom. The van der Waals surface area contributed by atoms with Crippen molar-refractivity contribution in [3.8, 4) is 0 Å². The number of nitrogens with two attached hydrogens (primary N) is 1. The topological polar surface area (TPSA) is 58.4 Å². The maximum atomic E-state index is 9.99. The molecule has 0 radical (unpaired) electrons. The van der Waals surface area contributed by atoms with Gasteiger partial charge in [-0.3, -0.25) is 10.2 Å². The lowest BCUT2D eigenvalue weighted by molar-refractivity contribution is -0.114. The summed E-state index contributed by atoms with van der Waals surface area (Å²) in [7, 11) is 0. The Kier molecular flexibility index (Phi) is 2.65. The van der Waals surface area contributed by atoms with Crippen LogP contribution in [0.5, 0.6) is 0 Å². The van der Waals surface area contributed by atoms with E-state index >= 15 is 0 Å². The van der Waals surface area contributed by atoms with E-state index in [1.54, 1.807) is 0 Å². The molecule has 10 heavy (non-hydrogen) atoms. The zero-order valence-corrected chi connectivity index (χ0v) is 5.92. The standard InChI is InChI=1S/C6H13N3O/c7-6-2-1-3-9(4-6)8-5-10/h5-6H,1-4,7H2,(H,8,10). The van der Waals surface area contributed by atoms with Crippen molar-refractivity contribution < 1.29 is 4.79 Å². The molecule has 0 saturated carbocycles. The summed E-state index contributed by atoms with van der Waals surface area (Å²) in [5.74, 6) is 0. The van der Waals surface area contributed by atoms with E-state index in [1.165, 1.54) is 0 Å². The third-order valence-electron chi connectivity index (χ3n) is 1.69. The van der Waals surface area contributed by atoms with Crippen LogP contribution in [0.25, 0.3) is 0 Å². The first-order chi connectivity index (χ1) is 4.83. The molecule has 0 bridgehead atoms. The van der Waals surface area contributed by atoms with Crippen molar-refractivity contribution in [3.05, 3.63) is 0 Å². The van der Waals surface area contributed by atoms with E-state index in [9.17, 15) is 4.79 Å². The lowest BCUT2D eigenvalue weighted by atomic mass is 10.1. The van der Waals surface area contributed by atoms with Gasteiger partial charge in [-0.15, -0.1) is 0 Å². The van der Waals surface area contributed by atoms with Crippen molar-refractivity contribution in [2.75, 3.05) is 13.1 Å². The van der Waals surface area contributed by atoms with Crippen molar-refractivity contribution in [1.82, 2.24) is 10.4 Å². The van der Waals surface area contributed by atoms with Crippen LogP contribution in [0.1, 0.15) is 12.8 Å². The predicted octanol–water partition coefficient (Wildman–Crippen LogP) is -0.929. The minimum absolute atomic E-state index is 0.223. The van der Waals surface area contributed by atoms with E-state index in [2.05, 4.69) is 5.43 Å². The van der Waals surface area contributed by atoms with Gasteiger partial charge in [-0.05, 0) is 12.8 Å². The molecular formula is C6H13N3O. The number of hydrogen-bond acceptors (Lipinski definition) is 3. The molecule has 0 aromatic heterocycles. The Labute approximate surface area is 60.3 Å². The molecule has 1 atom stereocenters. The molecular weight excluding hydrogens is 130 g/mol. The summed E-state index contributed by atoms with van der Waals surface area (Å²) in [4.78, 5) is 9.99. The van der Waals surface area contributed by atoms with Gasteiger partial charge in [0.1, 0.15) is 0 Å². The molecule has 4 nitrogen and oxygen atoms in total. The lowest BCUT2D eigenvalue weighted by Gasteiger charge is -2.29. The third-order valence-corrected chi connectivity index (χ3v) is 1.69. The Morgan fingerprint density at radius 3 is 3.10 bits per heavy atom. The number of nitrogens with one attached hydrogen (secondary N) is 1. The fourth-order valence-electron chi connectivity index (χ4n) is 1.20. The Balaban J connectivity index is 2.24. The summed E-state index contributed by atoms with van der Waals surface area (Å²) in [5, 5.41) is 1.85. The maximum absolute atomic E-state index is 9.99. The normalized spacial score (nSPS) is 27.9. The second kappa shape index (κ2) is 3.53. The highest BCUT2D eigenvalue weighted by molar-refractivity contribution is 5.44. The summed E-state index contributed by atoms with van der Waals surface area (Å²) in [6, 6.07) is 0.223. The average Bonchev–Trinajstić information content (AvgIpc) is 1.88. The van der Waals surface area contributed by atoms with Gasteiger partial charge in [-0.1, -0.05) is 0 Å². The molecule has 1 aliphatic heterocycles. The van der Waals surface area contributed by atoms with Crippen molar-refractivity contribution >= 4 is 6.41 Å². The SMILES string of the molecule is NC1CCCN(NC=O)C1. The number of carbonyl (C=O) groups excluding carboxylic acids is 1. The van der Waals surface area contributed by atoms with E-state index in [0.717, 1.165) is 25.9 Å². The Bertz CT molecular complexity index is 118. The van der Waals surface area contributed by atoms with Crippen molar-refractivity contribution in [2.45, 2.75) is 18.9 Å². The van der Waals surface area contributed by atoms with Gasteiger partial charge in [0.15, 0.2) is 0 Å². The second-order valence-electron chi connectivity index (χ2n) is 2.60. The van der Waals surface area contributed by atoms with Gasteiger partial charge < -0.3 is 5.73 Å². The van der Waals surface area contributed by atoms with Crippen LogP contribution in [-0.2, 0) is 4.79 Å². The molecule has 0 aromatic rings. The van der Waals surface area contributed by atoms with E-state index in [1.807, 2.05) is 5.01 Å². The van der Waals surface area contributed by atoms with Crippen molar-refractivity contribution in [2.24, 2.45) is 5.73 Å². The largest absolute Gasteiger partial charge is 0.326 e. The minimum atomic E-state index is 0.223. The first kappa shape index (κ1) is 7.50. The van der Waals surface area contributed by atoms with Gasteiger partial charge in [-0.25, -0.2) is 5.01 Å². The fourth-order valence-corrected chi connectivity index (χ4v) is 1.20. The van der Waals surface area contributed by atoms with Crippen LogP contribution in [0.2, 0.25) is 0 Å². The number of rotatable bonds is 2. The summed E-state index contributed by atoms with van der Waals surface area (Å²) >= 11 is 0. The molecule has 0 aliphatic carbocycles. The van der Waals surface area contributed by atoms with Crippen molar-refractivity contribution in [1.29, 1.82) is 0 Å². The number of piperidine rings is 1. The van der Waals surface area contributed by atoms with Crippen LogP contribution in [0.4, 0.5) is 0 Å². The van der Waals surface area contributed by atoms with Crippen LogP contribution in [-0.4, -0.2) is 30.6 Å². The van der Waals surface area contributed by atoms with Crippen LogP contribution in [0.3, 0.4) is 0 Å². The molecule has 4 heteroatoms. The number of carbonyl (C=O) groups is 1. The van der Waals surface area contributed by atoms with E-state index in [0.29, 0.717) is 6.41 Å². The van der Waals surface area contributed by atoms with Gasteiger partial charge in [0.2, 0.25) is 6.41 Å². The molecule has 0 spiro atoms. The summed E-state index contributed by atoms with van der Waals surface area (Å²) in [6.07, 6.45) is 2.83. The quantitative estimate of drug-likeness (QED) is 0.491. The lowest BCUT2D eigenvalue weighted by Crippen LogP contribution is -2.48. The highest BCUT2D eigenvalue weighted by Crippen LogP contribution is 2.04. The van der Waals surface area contributed by atoms with Crippen LogP contribution in [0.15, 0.2) is 0 Å². The molecule has 1 fully saturated rings. The summed E-state index contributed by atoms with van der Waals surface area (Å²) in [6.45, 7) is 1.70. The van der Waals surface area contributed by atoms with Gasteiger partial charge in [0.25, 0.3) is 0 Å². The summed E-state index contributed by atoms with van der Waals surface area (Å²) in [5.41, 5.74) is 8.25. The molecule has 1 unspecified atom stereocenters. The van der Waals surface area contributed by atoms with Gasteiger partial charge in [-0.2, -0.15) is 0 Å². The van der Waals surface area contributed by atoms with Gasteiger partial charge in [0, 0.05) is 19.1 Å². The first-order valence-electron chi connectivity index (χ1n) is 3.53. The molecule has 1 rings (SSSR count). The molecule has 1 amide bonds. The van der Waals surface area contributed by atoms with Gasteiger partial charge in [0.05, 0.1) is 0 Å². The van der Waals surface area contributed by atoms with Crippen LogP contribution < -0.4 is 11.2 Å². The van der Waals surface area contributed by atoms with E-state index in [4.69, 9.17) is 5.73 Å². The highest BCUT2D eigenvalue weighted by Gasteiger charge is 2.14. The van der Waals surface area contributed by atoms with E-state index < -0.39 is 0 Å². The Morgan fingerprint density at radius 2 is 2.50 bits per heavy atom. The molecule has 1 aliphatic rings. The molecule has 0 aromatic carbocycles. The van der Waals surface area contributed by atoms with Crippen LogP contribution in [0, 0.1) is 0 Å². The van der Waals surface area contributed by atoms with Crippen molar-refractivity contribution in [3.63, 3.8) is 0 Å². The number of hydrogen-bond donors (Lipinski definition) is 2. The average molecular weight is 143 g/mol. The fraction of sp³-hybridized carbons (Fsp3) is 0.833. The number of nitrogens with zero attached hydrogens (tertiary/aromatic N) is 1. The zero-order valence-electron chi connectivity index (χ0n) is 5.92. The second-order valence-corrected chi connectivity index (χ2v) is 2.60. The predicted molar refractivity (Wildman–Crippen MR) is 38.0 cm³/mol. The van der Waals surface area contributed by atoms with Crippen LogP contribution >= 0.6 is 0 Å². The monoisotopic (exact) mass is 143 g/mol. The maximum Gasteiger partial charge on any atom is 0.221 e. The molecule has 58 valence electrons. The van der Waals surface area contributed by atoms with Gasteiger partial charge >= 0.3 is 0 Å². The molecule has 1 saturated heterocycles. The summed E-state index contributed by atoms with van der Waals surface area (Å²) < 4.78 is 0. The highest BCUT2D eigenvalue weighted by atomic mass is 16.1. The smallest absolute Gasteiger partial charge is 0.221 e. The number of hydrazine groups is 1. The molecule has 1 heterocycles. The first-order valence-corrected chi connectivity index (χ1v) is 3.53. The zero-order chi connectivity index (χ0) is 7.40. The van der Waals surface area contributed by atoms with E-state index in [-0.39, 0.29) is 6.04 Å². The number of amides is 1. The molecule has 3 N–H and O–H groups in total.